The first-order chi connectivity index (χ1) is 17.2. The van der Waals surface area contributed by atoms with Crippen molar-refractivity contribution in [1.82, 2.24) is 0 Å². The molecular weight excluding hydrogens is 530 g/mol. The molecule has 13 nitrogen and oxygen atoms in total. The van der Waals surface area contributed by atoms with Crippen LogP contribution in [0.3, 0.4) is 0 Å². The Morgan fingerprint density at radius 1 is 0.892 bits per heavy atom. The number of hydrogen-bond donors (Lipinski definition) is 4. The molecule has 15 heteroatoms. The normalized spacial score (nSPS) is 14.0. The Balaban J connectivity index is 2.03. The van der Waals surface area contributed by atoms with Crippen LogP contribution in [0.4, 0.5) is 17.1 Å². The van der Waals surface area contributed by atoms with Crippen LogP contribution in [-0.4, -0.2) is 41.1 Å². The molecule has 0 aromatic heterocycles. The van der Waals surface area contributed by atoms with Crippen LogP contribution in [0.25, 0.3) is 22.9 Å². The fourth-order valence-corrected chi connectivity index (χ4v) is 5.13. The van der Waals surface area contributed by atoms with Gasteiger partial charge in [0.2, 0.25) is 0 Å². The maximum Gasteiger partial charge on any atom is 0.296 e. The number of nitro groups is 1. The molecule has 0 unspecified atom stereocenters. The van der Waals surface area contributed by atoms with Crippen LogP contribution in [0, 0.1) is 10.1 Å². The van der Waals surface area contributed by atoms with Gasteiger partial charge >= 0.3 is 0 Å². The smallest absolute Gasteiger partial charge is 0.296 e. The van der Waals surface area contributed by atoms with Crippen molar-refractivity contribution < 1.29 is 41.1 Å². The number of fused-ring (bicyclic) bond motifs is 2. The van der Waals surface area contributed by atoms with Gasteiger partial charge in [-0.2, -0.15) is 16.8 Å². The van der Waals surface area contributed by atoms with E-state index in [1.165, 1.54) is 0 Å². The lowest BCUT2D eigenvalue weighted by Crippen LogP contribution is -2.25. The number of aromatic hydroxyl groups is 2. The summed E-state index contributed by atoms with van der Waals surface area (Å²) in [5, 5.41) is 39.9. The third kappa shape index (κ3) is 4.92. The highest BCUT2D eigenvalue weighted by Gasteiger charge is 2.24. The summed E-state index contributed by atoms with van der Waals surface area (Å²) < 4.78 is 67.2. The number of rotatable bonds is 5. The molecule has 3 aromatic carbocycles. The van der Waals surface area contributed by atoms with E-state index in [4.69, 9.17) is 0 Å². The average molecular weight is 548 g/mol. The van der Waals surface area contributed by atoms with Gasteiger partial charge < -0.3 is 10.2 Å². The van der Waals surface area contributed by atoms with E-state index in [-0.39, 0.29) is 21.2 Å². The largest absolute Gasteiger partial charge is 0.506 e. The first-order valence-corrected chi connectivity index (χ1v) is 13.1. The van der Waals surface area contributed by atoms with Crippen LogP contribution in [0.15, 0.2) is 62.0 Å². The summed E-state index contributed by atoms with van der Waals surface area (Å²) in [6.45, 7) is 1.81. The number of benzene rings is 3. The predicted octanol–water partition coefficient (Wildman–Crippen LogP) is 2.98. The predicted molar refractivity (Wildman–Crippen MR) is 131 cm³/mol. The van der Waals surface area contributed by atoms with Crippen molar-refractivity contribution in [2.24, 2.45) is 10.2 Å². The van der Waals surface area contributed by atoms with E-state index in [9.17, 15) is 46.3 Å². The average Bonchev–Trinajstić information content (AvgIpc) is 2.98. The number of allylic oxidation sites excluding steroid dienone is 2. The van der Waals surface area contributed by atoms with Crippen LogP contribution >= 0.6 is 0 Å². The Morgan fingerprint density at radius 3 is 2.16 bits per heavy atom. The fourth-order valence-electron chi connectivity index (χ4n) is 3.76. The second-order valence-electron chi connectivity index (χ2n) is 8.04. The summed E-state index contributed by atoms with van der Waals surface area (Å²) in [5.41, 5.74) is -0.755. The van der Waals surface area contributed by atoms with Gasteiger partial charge in [0.15, 0.2) is 5.75 Å². The quantitative estimate of drug-likeness (QED) is 0.158. The molecule has 0 heterocycles. The van der Waals surface area contributed by atoms with E-state index < -0.39 is 63.5 Å². The van der Waals surface area contributed by atoms with Gasteiger partial charge in [-0.05, 0) is 30.7 Å². The maximum absolute atomic E-state index is 12.1. The van der Waals surface area contributed by atoms with Gasteiger partial charge in [-0.1, -0.05) is 23.8 Å². The Labute approximate surface area is 208 Å². The number of hydrogen-bond acceptors (Lipinski definition) is 10. The second-order valence-corrected chi connectivity index (χ2v) is 10.8. The van der Waals surface area contributed by atoms with Gasteiger partial charge in [0, 0.05) is 34.2 Å². The molecular formula is C22H17N3O10S2. The minimum absolute atomic E-state index is 0.204. The van der Waals surface area contributed by atoms with E-state index in [2.05, 4.69) is 10.2 Å². The first kappa shape index (κ1) is 25.9. The summed E-state index contributed by atoms with van der Waals surface area (Å²) in [6, 6.07) is 4.53. The van der Waals surface area contributed by atoms with Crippen molar-refractivity contribution >= 4 is 60.2 Å². The third-order valence-electron chi connectivity index (χ3n) is 5.54. The van der Waals surface area contributed by atoms with E-state index in [1.807, 2.05) is 6.92 Å². The zero-order chi connectivity index (χ0) is 27.3. The summed E-state index contributed by atoms with van der Waals surface area (Å²) in [6.07, 6.45) is 5.28. The molecule has 0 spiro atoms. The first-order valence-electron chi connectivity index (χ1n) is 10.2. The number of nitro benzene ring substituents is 1. The number of nitrogens with zero attached hydrogens (tertiary/aromatic N) is 3. The summed E-state index contributed by atoms with van der Waals surface area (Å²) >= 11 is 0. The maximum atomic E-state index is 12.1. The number of non-ortho nitro benzene ring substituents is 1. The second kappa shape index (κ2) is 9.04. The van der Waals surface area contributed by atoms with E-state index in [0.717, 1.165) is 29.8 Å². The molecule has 4 rings (SSSR count). The van der Waals surface area contributed by atoms with Crippen molar-refractivity contribution in [3.63, 3.8) is 0 Å². The molecule has 37 heavy (non-hydrogen) atoms. The van der Waals surface area contributed by atoms with Crippen molar-refractivity contribution in [1.29, 1.82) is 0 Å². The Kier molecular flexibility index (Phi) is 6.33. The van der Waals surface area contributed by atoms with Crippen molar-refractivity contribution in [2.75, 3.05) is 0 Å². The molecule has 4 N–H and O–H groups in total. The van der Waals surface area contributed by atoms with Crippen LogP contribution in [0.1, 0.15) is 13.3 Å². The van der Waals surface area contributed by atoms with Gasteiger partial charge in [-0.25, -0.2) is 0 Å². The van der Waals surface area contributed by atoms with Gasteiger partial charge in [0.25, 0.3) is 25.9 Å². The van der Waals surface area contributed by atoms with Crippen molar-refractivity contribution in [3.05, 3.63) is 62.5 Å². The lowest BCUT2D eigenvalue weighted by atomic mass is 10.1. The molecule has 192 valence electrons. The molecule has 0 saturated carbocycles. The fraction of sp³-hybridized carbons (Fsp3) is 0.0909. The van der Waals surface area contributed by atoms with Crippen molar-refractivity contribution in [2.45, 2.75) is 23.1 Å². The summed E-state index contributed by atoms with van der Waals surface area (Å²) in [4.78, 5) is 8.74. The Bertz CT molecular complexity index is 1910. The van der Waals surface area contributed by atoms with Crippen molar-refractivity contribution in [3.8, 4) is 11.5 Å². The highest BCUT2D eigenvalue weighted by molar-refractivity contribution is 7.86. The topological polar surface area (TPSA) is 217 Å². The highest BCUT2D eigenvalue weighted by atomic mass is 32.2. The van der Waals surface area contributed by atoms with Crippen LogP contribution in [0.5, 0.6) is 11.5 Å². The molecule has 0 atom stereocenters. The molecule has 1 aliphatic carbocycles. The Hall–Kier alpha value is -4.18. The monoisotopic (exact) mass is 547 g/mol. The van der Waals surface area contributed by atoms with Crippen LogP contribution < -0.4 is 10.4 Å². The minimum atomic E-state index is -4.95. The van der Waals surface area contributed by atoms with Gasteiger partial charge in [0.1, 0.15) is 26.9 Å². The highest BCUT2D eigenvalue weighted by Crippen LogP contribution is 2.42. The van der Waals surface area contributed by atoms with E-state index >= 15 is 0 Å². The van der Waals surface area contributed by atoms with Crippen LogP contribution in [-0.2, 0) is 20.2 Å². The van der Waals surface area contributed by atoms with E-state index in [0.29, 0.717) is 12.5 Å². The molecule has 0 fully saturated rings. The number of azo groups is 1. The number of phenolic OH excluding ortho intramolecular Hbond substituents is 2. The van der Waals surface area contributed by atoms with Gasteiger partial charge in [0.05, 0.1) is 4.92 Å². The molecule has 0 amide bonds. The number of phenols is 2. The zero-order valence-electron chi connectivity index (χ0n) is 18.7. The molecule has 0 radical (unpaired) electrons. The minimum Gasteiger partial charge on any atom is -0.506 e. The molecule has 0 aliphatic heterocycles. The van der Waals surface area contributed by atoms with Gasteiger partial charge in [-0.15, -0.1) is 10.2 Å². The van der Waals surface area contributed by atoms with Gasteiger partial charge in [-0.3, -0.25) is 19.2 Å². The van der Waals surface area contributed by atoms with Crippen LogP contribution in [0.2, 0.25) is 0 Å². The molecule has 0 saturated heterocycles. The standard InChI is InChI=1S/C22H17N3O10S2/c1-11-2-4-12-8-19(37(33,34)35)21(22(27)14(12)6-3-11)24-23-20-15-7-5-13(25(28)29)9-16(15)18(10-17(20)26)36(30,31)32/h2,4-10,26-27H,3H2,1H3,(H,30,31,32)(H,33,34,35). The third-order valence-corrected chi connectivity index (χ3v) is 7.30. The molecule has 3 aromatic rings. The summed E-state index contributed by atoms with van der Waals surface area (Å²) in [5.74, 6) is -1.47. The lowest BCUT2D eigenvalue weighted by Gasteiger charge is -2.10. The molecule has 0 bridgehead atoms. The zero-order valence-corrected chi connectivity index (χ0v) is 20.4. The SMILES string of the molecule is CC1=CC=c2cc(S(=O)(=O)O)c(N=Nc3c(O)cc(S(=O)(=O)O)c4cc([N+](=O)[O-])ccc34)c(O)c2=CC1. The molecule has 1 aliphatic rings. The van der Waals surface area contributed by atoms with E-state index in [1.54, 1.807) is 18.2 Å². The Morgan fingerprint density at radius 2 is 1.54 bits per heavy atom. The lowest BCUT2D eigenvalue weighted by molar-refractivity contribution is -0.384. The summed E-state index contributed by atoms with van der Waals surface area (Å²) in [7, 11) is -9.88.